The van der Waals surface area contributed by atoms with Gasteiger partial charge in [0, 0.05) is 25.9 Å². The minimum absolute atomic E-state index is 0.0604. The Morgan fingerprint density at radius 1 is 1.50 bits per heavy atom. The molecular weight excluding hydrogens is 230 g/mol. The molecule has 0 aliphatic carbocycles. The summed E-state index contributed by atoms with van der Waals surface area (Å²) in [6.07, 6.45) is 1.80. The van der Waals surface area contributed by atoms with Gasteiger partial charge in [-0.2, -0.15) is 5.10 Å². The summed E-state index contributed by atoms with van der Waals surface area (Å²) in [6, 6.07) is 0. The van der Waals surface area contributed by atoms with Gasteiger partial charge in [-0.3, -0.25) is 9.48 Å². The van der Waals surface area contributed by atoms with Crippen molar-refractivity contribution >= 4 is 5.91 Å². The standard InChI is InChI=1S/C13H23N3O2/c1-9(8-17)6-5-7-14-13(18)12-10(2)15-16(4)11(12)3/h9,17H,5-8H2,1-4H3,(H,14,18). The molecule has 0 saturated carbocycles. The van der Waals surface area contributed by atoms with E-state index in [0.717, 1.165) is 24.2 Å². The van der Waals surface area contributed by atoms with Gasteiger partial charge in [-0.1, -0.05) is 6.92 Å². The number of aromatic nitrogens is 2. The summed E-state index contributed by atoms with van der Waals surface area (Å²) >= 11 is 0. The third-order valence-electron chi connectivity index (χ3n) is 3.21. The van der Waals surface area contributed by atoms with Crippen LogP contribution in [0.1, 0.15) is 41.5 Å². The number of amides is 1. The molecule has 1 heterocycles. The summed E-state index contributed by atoms with van der Waals surface area (Å²) in [5, 5.41) is 16.0. The van der Waals surface area contributed by atoms with E-state index in [4.69, 9.17) is 5.11 Å². The van der Waals surface area contributed by atoms with Gasteiger partial charge in [0.05, 0.1) is 11.3 Å². The molecule has 2 N–H and O–H groups in total. The molecule has 0 aliphatic heterocycles. The van der Waals surface area contributed by atoms with Crippen LogP contribution in [0.4, 0.5) is 0 Å². The van der Waals surface area contributed by atoms with Crippen molar-refractivity contribution in [2.75, 3.05) is 13.2 Å². The van der Waals surface area contributed by atoms with Gasteiger partial charge in [0.1, 0.15) is 0 Å². The van der Waals surface area contributed by atoms with Crippen LogP contribution in [-0.4, -0.2) is 33.9 Å². The lowest BCUT2D eigenvalue weighted by Crippen LogP contribution is -2.26. The van der Waals surface area contributed by atoms with Gasteiger partial charge in [0.25, 0.3) is 5.91 Å². The Morgan fingerprint density at radius 2 is 2.17 bits per heavy atom. The van der Waals surface area contributed by atoms with E-state index in [2.05, 4.69) is 10.4 Å². The molecule has 0 fully saturated rings. The van der Waals surface area contributed by atoms with Crippen LogP contribution in [0.2, 0.25) is 0 Å². The largest absolute Gasteiger partial charge is 0.396 e. The fourth-order valence-corrected chi connectivity index (χ4v) is 1.93. The van der Waals surface area contributed by atoms with Gasteiger partial charge < -0.3 is 10.4 Å². The number of carbonyl (C=O) groups excluding carboxylic acids is 1. The highest BCUT2D eigenvalue weighted by atomic mass is 16.3. The summed E-state index contributed by atoms with van der Waals surface area (Å²) in [6.45, 7) is 6.57. The zero-order valence-electron chi connectivity index (χ0n) is 11.7. The van der Waals surface area contributed by atoms with Crippen LogP contribution in [0.5, 0.6) is 0 Å². The van der Waals surface area contributed by atoms with Crippen molar-refractivity contribution in [2.45, 2.75) is 33.6 Å². The first-order valence-electron chi connectivity index (χ1n) is 6.36. The average Bonchev–Trinajstić information content (AvgIpc) is 2.58. The first-order chi connectivity index (χ1) is 8.47. The Bertz CT molecular complexity index is 413. The smallest absolute Gasteiger partial charge is 0.255 e. The highest BCUT2D eigenvalue weighted by molar-refractivity contribution is 5.96. The number of rotatable bonds is 6. The molecule has 5 heteroatoms. The number of carbonyl (C=O) groups is 1. The number of hydrogen-bond acceptors (Lipinski definition) is 3. The van der Waals surface area contributed by atoms with Gasteiger partial charge in [-0.25, -0.2) is 0 Å². The maximum atomic E-state index is 12.0. The van der Waals surface area contributed by atoms with Crippen molar-refractivity contribution in [2.24, 2.45) is 13.0 Å². The maximum Gasteiger partial charge on any atom is 0.255 e. The van der Waals surface area contributed by atoms with E-state index in [1.54, 1.807) is 4.68 Å². The van der Waals surface area contributed by atoms with Crippen molar-refractivity contribution in [3.8, 4) is 0 Å². The number of hydrogen-bond donors (Lipinski definition) is 2. The first kappa shape index (κ1) is 14.7. The van der Waals surface area contributed by atoms with E-state index in [9.17, 15) is 4.79 Å². The molecule has 18 heavy (non-hydrogen) atoms. The van der Waals surface area contributed by atoms with Gasteiger partial charge in [-0.15, -0.1) is 0 Å². The number of nitrogens with one attached hydrogen (secondary N) is 1. The molecule has 5 nitrogen and oxygen atoms in total. The maximum absolute atomic E-state index is 12.0. The van der Waals surface area contributed by atoms with Crippen LogP contribution in [-0.2, 0) is 7.05 Å². The SMILES string of the molecule is Cc1nn(C)c(C)c1C(=O)NCCCC(C)CO. The zero-order chi connectivity index (χ0) is 13.7. The molecule has 1 atom stereocenters. The van der Waals surface area contributed by atoms with E-state index in [-0.39, 0.29) is 12.5 Å². The van der Waals surface area contributed by atoms with Crippen LogP contribution in [0, 0.1) is 19.8 Å². The third kappa shape index (κ3) is 3.57. The number of aliphatic hydroxyl groups is 1. The van der Waals surface area contributed by atoms with Crippen molar-refractivity contribution in [3.63, 3.8) is 0 Å². The average molecular weight is 253 g/mol. The predicted octanol–water partition coefficient (Wildman–Crippen LogP) is 1.18. The normalized spacial score (nSPS) is 12.5. The molecule has 1 unspecified atom stereocenters. The van der Waals surface area contributed by atoms with Crippen LogP contribution in [0.25, 0.3) is 0 Å². The van der Waals surface area contributed by atoms with E-state index in [1.165, 1.54) is 0 Å². The molecule has 1 aromatic rings. The minimum Gasteiger partial charge on any atom is -0.396 e. The van der Waals surface area contributed by atoms with E-state index in [1.807, 2.05) is 27.8 Å². The summed E-state index contributed by atoms with van der Waals surface area (Å²) in [5.41, 5.74) is 2.32. The lowest BCUT2D eigenvalue weighted by molar-refractivity contribution is 0.0951. The summed E-state index contributed by atoms with van der Waals surface area (Å²) in [7, 11) is 1.84. The Morgan fingerprint density at radius 3 is 2.67 bits per heavy atom. The van der Waals surface area contributed by atoms with Crippen molar-refractivity contribution in [1.29, 1.82) is 0 Å². The van der Waals surface area contributed by atoms with Crippen LogP contribution in [0.3, 0.4) is 0 Å². The Balaban J connectivity index is 2.46. The van der Waals surface area contributed by atoms with E-state index >= 15 is 0 Å². The predicted molar refractivity (Wildman–Crippen MR) is 70.5 cm³/mol. The second-order valence-corrected chi connectivity index (χ2v) is 4.86. The van der Waals surface area contributed by atoms with Crippen molar-refractivity contribution in [1.82, 2.24) is 15.1 Å². The molecule has 0 spiro atoms. The number of aryl methyl sites for hydroxylation is 2. The first-order valence-corrected chi connectivity index (χ1v) is 6.36. The second-order valence-electron chi connectivity index (χ2n) is 4.86. The topological polar surface area (TPSA) is 67.2 Å². The lowest BCUT2D eigenvalue weighted by atomic mass is 10.1. The van der Waals surface area contributed by atoms with Crippen LogP contribution in [0.15, 0.2) is 0 Å². The Labute approximate surface area is 108 Å². The summed E-state index contributed by atoms with van der Waals surface area (Å²) < 4.78 is 1.72. The molecule has 102 valence electrons. The molecule has 1 aromatic heterocycles. The summed E-state index contributed by atoms with van der Waals surface area (Å²) in [5.74, 6) is 0.235. The molecule has 1 amide bonds. The van der Waals surface area contributed by atoms with E-state index in [0.29, 0.717) is 18.0 Å². The second kappa shape index (κ2) is 6.54. The van der Waals surface area contributed by atoms with Crippen LogP contribution >= 0.6 is 0 Å². The fourth-order valence-electron chi connectivity index (χ4n) is 1.93. The zero-order valence-corrected chi connectivity index (χ0v) is 11.7. The number of nitrogens with zero attached hydrogens (tertiary/aromatic N) is 2. The van der Waals surface area contributed by atoms with Gasteiger partial charge >= 0.3 is 0 Å². The van der Waals surface area contributed by atoms with Crippen LogP contribution < -0.4 is 5.32 Å². The molecular formula is C13H23N3O2. The van der Waals surface area contributed by atoms with Gasteiger partial charge in [0.15, 0.2) is 0 Å². The monoisotopic (exact) mass is 253 g/mol. The molecule has 0 aliphatic rings. The Kier molecular flexibility index (Phi) is 5.34. The minimum atomic E-state index is -0.0604. The Hall–Kier alpha value is -1.36. The molecule has 0 bridgehead atoms. The highest BCUT2D eigenvalue weighted by Gasteiger charge is 2.16. The number of aliphatic hydroxyl groups excluding tert-OH is 1. The van der Waals surface area contributed by atoms with Crippen molar-refractivity contribution in [3.05, 3.63) is 17.0 Å². The molecule has 1 rings (SSSR count). The summed E-state index contributed by atoms with van der Waals surface area (Å²) in [4.78, 5) is 12.0. The molecule has 0 radical (unpaired) electrons. The van der Waals surface area contributed by atoms with Crippen molar-refractivity contribution < 1.29 is 9.90 Å². The quantitative estimate of drug-likeness (QED) is 0.748. The molecule has 0 aromatic carbocycles. The third-order valence-corrected chi connectivity index (χ3v) is 3.21. The molecule has 0 saturated heterocycles. The highest BCUT2D eigenvalue weighted by Crippen LogP contribution is 2.11. The van der Waals surface area contributed by atoms with Gasteiger partial charge in [0.2, 0.25) is 0 Å². The lowest BCUT2D eigenvalue weighted by Gasteiger charge is -2.08. The fraction of sp³-hybridized carbons (Fsp3) is 0.692. The van der Waals surface area contributed by atoms with Gasteiger partial charge in [-0.05, 0) is 32.6 Å². The van der Waals surface area contributed by atoms with E-state index < -0.39 is 0 Å².